The van der Waals surface area contributed by atoms with Crippen LogP contribution in [0.2, 0.25) is 0 Å². The number of ether oxygens (including phenoxy) is 1. The maximum absolute atomic E-state index is 11.1. The molecular weight excluding hydrogens is 242 g/mol. The van der Waals surface area contributed by atoms with Gasteiger partial charge in [-0.05, 0) is 31.9 Å². The van der Waals surface area contributed by atoms with Crippen molar-refractivity contribution in [2.45, 2.75) is 26.2 Å². The van der Waals surface area contributed by atoms with Crippen molar-refractivity contribution in [2.75, 3.05) is 6.61 Å². The average molecular weight is 259 g/mol. The van der Waals surface area contributed by atoms with Gasteiger partial charge in [0, 0.05) is 12.0 Å². The van der Waals surface area contributed by atoms with Crippen molar-refractivity contribution in [3.8, 4) is 0 Å². The first-order valence-electron chi connectivity index (χ1n) is 6.34. The van der Waals surface area contributed by atoms with E-state index in [2.05, 4.69) is 11.6 Å². The fourth-order valence-electron chi connectivity index (χ4n) is 1.69. The van der Waals surface area contributed by atoms with Crippen LogP contribution in [-0.4, -0.2) is 17.6 Å². The Morgan fingerprint density at radius 1 is 1.37 bits per heavy atom. The highest BCUT2D eigenvalue weighted by Gasteiger charge is 2.05. The summed E-state index contributed by atoms with van der Waals surface area (Å²) in [4.78, 5) is 15.5. The van der Waals surface area contributed by atoms with Crippen molar-refractivity contribution in [3.63, 3.8) is 0 Å². The van der Waals surface area contributed by atoms with Crippen molar-refractivity contribution < 1.29 is 13.9 Å². The third-order valence-corrected chi connectivity index (χ3v) is 2.70. The number of fused-ring (bicyclic) bond motifs is 1. The Bertz CT molecular complexity index is 553. The second-order valence-electron chi connectivity index (χ2n) is 4.45. The quantitative estimate of drug-likeness (QED) is 0.454. The third-order valence-electron chi connectivity index (χ3n) is 2.70. The highest BCUT2D eigenvalue weighted by atomic mass is 16.5. The van der Waals surface area contributed by atoms with E-state index in [-0.39, 0.29) is 5.97 Å². The molecule has 100 valence electrons. The Balaban J connectivity index is 1.74. The lowest BCUT2D eigenvalue weighted by atomic mass is 10.2. The summed E-state index contributed by atoms with van der Waals surface area (Å²) in [5.41, 5.74) is 2.12. The Labute approximate surface area is 112 Å². The van der Waals surface area contributed by atoms with Gasteiger partial charge in [0.05, 0.1) is 6.61 Å². The van der Waals surface area contributed by atoms with E-state index in [4.69, 9.17) is 9.15 Å². The van der Waals surface area contributed by atoms with E-state index in [0.717, 1.165) is 36.3 Å². The van der Waals surface area contributed by atoms with Gasteiger partial charge in [0.25, 0.3) is 0 Å². The van der Waals surface area contributed by atoms with Crippen LogP contribution in [0.25, 0.3) is 11.1 Å². The van der Waals surface area contributed by atoms with Crippen molar-refractivity contribution in [2.24, 2.45) is 0 Å². The van der Waals surface area contributed by atoms with Crippen LogP contribution in [0, 0.1) is 0 Å². The van der Waals surface area contributed by atoms with Gasteiger partial charge in [-0.15, -0.1) is 0 Å². The van der Waals surface area contributed by atoms with Crippen molar-refractivity contribution >= 4 is 17.1 Å². The molecule has 19 heavy (non-hydrogen) atoms. The maximum atomic E-state index is 11.1. The first-order chi connectivity index (χ1) is 9.16. The van der Waals surface area contributed by atoms with Gasteiger partial charge in [0.2, 0.25) is 0 Å². The predicted molar refractivity (Wildman–Crippen MR) is 72.7 cm³/mol. The van der Waals surface area contributed by atoms with Crippen LogP contribution >= 0.6 is 0 Å². The summed E-state index contributed by atoms with van der Waals surface area (Å²) < 4.78 is 10.6. The molecule has 0 spiro atoms. The van der Waals surface area contributed by atoms with E-state index in [1.54, 1.807) is 6.92 Å². The van der Waals surface area contributed by atoms with Crippen LogP contribution in [0.15, 0.2) is 40.8 Å². The molecule has 4 heteroatoms. The zero-order valence-electron chi connectivity index (χ0n) is 11.0. The summed E-state index contributed by atoms with van der Waals surface area (Å²) in [5, 5.41) is 0. The minimum Gasteiger partial charge on any atom is -0.462 e. The molecule has 1 heterocycles. The van der Waals surface area contributed by atoms with Gasteiger partial charge in [-0.2, -0.15) is 0 Å². The number of hydrogen-bond acceptors (Lipinski definition) is 4. The van der Waals surface area contributed by atoms with Gasteiger partial charge in [-0.25, -0.2) is 9.78 Å². The molecule has 0 amide bonds. The lowest BCUT2D eigenvalue weighted by Crippen LogP contribution is -2.06. The van der Waals surface area contributed by atoms with E-state index in [9.17, 15) is 4.79 Å². The number of benzene rings is 1. The van der Waals surface area contributed by atoms with E-state index < -0.39 is 0 Å². The molecule has 0 atom stereocenters. The van der Waals surface area contributed by atoms with Crippen LogP contribution in [0.4, 0.5) is 0 Å². The number of rotatable bonds is 6. The Morgan fingerprint density at radius 2 is 2.16 bits per heavy atom. The molecule has 0 bridgehead atoms. The number of aryl methyl sites for hydroxylation is 1. The SMILES string of the molecule is C=C(C)C(=O)OCCCCc1nc2ccccc2o1. The molecule has 0 radical (unpaired) electrons. The minimum absolute atomic E-state index is 0.332. The Hall–Kier alpha value is -2.10. The van der Waals surface area contributed by atoms with E-state index >= 15 is 0 Å². The first kappa shape index (κ1) is 13.3. The smallest absolute Gasteiger partial charge is 0.333 e. The molecule has 4 nitrogen and oxygen atoms in total. The summed E-state index contributed by atoms with van der Waals surface area (Å²) >= 11 is 0. The molecule has 0 aliphatic heterocycles. The number of hydrogen-bond donors (Lipinski definition) is 0. The summed E-state index contributed by atoms with van der Waals surface area (Å²) in [6.45, 7) is 5.57. The number of carbonyl (C=O) groups is 1. The van der Waals surface area contributed by atoms with E-state index in [1.165, 1.54) is 0 Å². The van der Waals surface area contributed by atoms with Gasteiger partial charge in [0.1, 0.15) is 5.52 Å². The van der Waals surface area contributed by atoms with Crippen LogP contribution in [-0.2, 0) is 16.0 Å². The Morgan fingerprint density at radius 3 is 2.89 bits per heavy atom. The second kappa shape index (κ2) is 6.18. The summed E-state index contributed by atoms with van der Waals surface area (Å²) in [6.07, 6.45) is 2.41. The topological polar surface area (TPSA) is 52.3 Å². The van der Waals surface area contributed by atoms with E-state index in [0.29, 0.717) is 12.2 Å². The summed E-state index contributed by atoms with van der Waals surface area (Å²) in [5.74, 6) is 0.397. The minimum atomic E-state index is -0.332. The number of carbonyl (C=O) groups excluding carboxylic acids is 1. The van der Waals surface area contributed by atoms with Gasteiger partial charge in [-0.3, -0.25) is 0 Å². The van der Waals surface area contributed by atoms with Crippen molar-refractivity contribution in [1.29, 1.82) is 0 Å². The number of aromatic nitrogens is 1. The first-order valence-corrected chi connectivity index (χ1v) is 6.34. The normalized spacial score (nSPS) is 10.6. The fourth-order valence-corrected chi connectivity index (χ4v) is 1.69. The molecule has 1 aromatic heterocycles. The zero-order valence-corrected chi connectivity index (χ0v) is 11.0. The lowest BCUT2D eigenvalue weighted by molar-refractivity contribution is -0.139. The van der Waals surface area contributed by atoms with Gasteiger partial charge >= 0.3 is 5.97 Å². The predicted octanol–water partition coefficient (Wildman–Crippen LogP) is 3.27. The molecule has 0 saturated heterocycles. The molecule has 2 aromatic rings. The van der Waals surface area contributed by atoms with Gasteiger partial charge in [0.15, 0.2) is 11.5 Å². The molecule has 2 rings (SSSR count). The molecule has 0 fully saturated rings. The zero-order chi connectivity index (χ0) is 13.7. The maximum Gasteiger partial charge on any atom is 0.333 e. The largest absolute Gasteiger partial charge is 0.462 e. The number of para-hydroxylation sites is 2. The highest BCUT2D eigenvalue weighted by Crippen LogP contribution is 2.16. The fraction of sp³-hybridized carbons (Fsp3) is 0.333. The third kappa shape index (κ3) is 3.68. The van der Waals surface area contributed by atoms with Gasteiger partial charge < -0.3 is 9.15 Å². The standard InChI is InChI=1S/C15H17NO3/c1-11(2)15(17)18-10-6-5-9-14-16-12-7-3-4-8-13(12)19-14/h3-4,7-8H,1,5-6,9-10H2,2H3. The van der Waals surface area contributed by atoms with Crippen LogP contribution in [0.3, 0.4) is 0 Å². The lowest BCUT2D eigenvalue weighted by Gasteiger charge is -2.02. The second-order valence-corrected chi connectivity index (χ2v) is 4.45. The molecule has 0 N–H and O–H groups in total. The molecule has 1 aromatic carbocycles. The number of oxazole rings is 1. The van der Waals surface area contributed by atoms with Gasteiger partial charge in [-0.1, -0.05) is 18.7 Å². The number of unbranched alkanes of at least 4 members (excludes halogenated alkanes) is 1. The molecular formula is C15H17NO3. The van der Waals surface area contributed by atoms with Crippen molar-refractivity contribution in [1.82, 2.24) is 4.98 Å². The highest BCUT2D eigenvalue weighted by molar-refractivity contribution is 5.86. The summed E-state index contributed by atoms with van der Waals surface area (Å²) in [6, 6.07) is 7.69. The van der Waals surface area contributed by atoms with Crippen molar-refractivity contribution in [3.05, 3.63) is 42.3 Å². The van der Waals surface area contributed by atoms with E-state index in [1.807, 2.05) is 24.3 Å². The van der Waals surface area contributed by atoms with Crippen LogP contribution in [0.1, 0.15) is 25.7 Å². The number of esters is 1. The molecule has 0 aliphatic rings. The Kier molecular flexibility index (Phi) is 4.34. The molecule has 0 saturated carbocycles. The average Bonchev–Trinajstić information content (AvgIpc) is 2.80. The summed E-state index contributed by atoms with van der Waals surface area (Å²) in [7, 11) is 0. The molecule has 0 unspecified atom stereocenters. The molecule has 0 aliphatic carbocycles. The monoisotopic (exact) mass is 259 g/mol. The van der Waals surface area contributed by atoms with Crippen LogP contribution in [0.5, 0.6) is 0 Å². The van der Waals surface area contributed by atoms with Crippen LogP contribution < -0.4 is 0 Å². The number of nitrogens with zero attached hydrogens (tertiary/aromatic N) is 1.